The molecule has 0 aromatic rings. The van der Waals surface area contributed by atoms with Crippen molar-refractivity contribution in [2.45, 2.75) is 40.2 Å². The molecule has 0 saturated carbocycles. The van der Waals surface area contributed by atoms with Crippen LogP contribution in [-0.4, -0.2) is 6.04 Å². The minimum absolute atomic E-state index is 0.289. The van der Waals surface area contributed by atoms with E-state index < -0.39 is 0 Å². The lowest BCUT2D eigenvalue weighted by Gasteiger charge is -2.07. The molecular formula is C9H19N3. The summed E-state index contributed by atoms with van der Waals surface area (Å²) in [4.78, 5) is 0. The second-order valence-electron chi connectivity index (χ2n) is 3.26. The van der Waals surface area contributed by atoms with Crippen molar-refractivity contribution in [1.29, 1.82) is 0 Å². The molecule has 0 rings (SSSR count). The lowest BCUT2D eigenvalue weighted by atomic mass is 10.2. The molecule has 0 aliphatic rings. The third-order valence-electron chi connectivity index (χ3n) is 1.74. The SMILES string of the molecule is C=C(NN=NC(C)CC)C(C)C. The van der Waals surface area contributed by atoms with Crippen LogP contribution in [0.4, 0.5) is 0 Å². The van der Waals surface area contributed by atoms with Crippen LogP contribution in [0.5, 0.6) is 0 Å². The summed E-state index contributed by atoms with van der Waals surface area (Å²) in [5.41, 5.74) is 3.72. The smallest absolute Gasteiger partial charge is 0.0699 e. The largest absolute Gasteiger partial charge is 0.265 e. The Hall–Kier alpha value is -0.860. The first-order chi connectivity index (χ1) is 5.57. The zero-order valence-corrected chi connectivity index (χ0v) is 8.46. The van der Waals surface area contributed by atoms with Crippen LogP contribution >= 0.6 is 0 Å². The molecule has 1 unspecified atom stereocenters. The van der Waals surface area contributed by atoms with E-state index in [4.69, 9.17) is 0 Å². The summed E-state index contributed by atoms with van der Waals surface area (Å²) in [5.74, 6) is 0.404. The van der Waals surface area contributed by atoms with Gasteiger partial charge in [-0.3, -0.25) is 5.43 Å². The van der Waals surface area contributed by atoms with Gasteiger partial charge in [0.15, 0.2) is 0 Å². The highest BCUT2D eigenvalue weighted by atomic mass is 15.4. The normalized spacial score (nSPS) is 13.8. The van der Waals surface area contributed by atoms with E-state index in [1.54, 1.807) is 0 Å². The Morgan fingerprint density at radius 1 is 1.42 bits per heavy atom. The van der Waals surface area contributed by atoms with Gasteiger partial charge in [-0.05, 0) is 19.3 Å². The zero-order valence-electron chi connectivity index (χ0n) is 8.46. The molecular weight excluding hydrogens is 150 g/mol. The van der Waals surface area contributed by atoms with E-state index in [0.29, 0.717) is 5.92 Å². The number of allylic oxidation sites excluding steroid dienone is 1. The molecule has 1 N–H and O–H groups in total. The summed E-state index contributed by atoms with van der Waals surface area (Å²) >= 11 is 0. The summed E-state index contributed by atoms with van der Waals surface area (Å²) in [6.07, 6.45) is 1.01. The van der Waals surface area contributed by atoms with Gasteiger partial charge < -0.3 is 0 Å². The summed E-state index contributed by atoms with van der Waals surface area (Å²) in [5, 5.41) is 7.86. The lowest BCUT2D eigenvalue weighted by Crippen LogP contribution is -2.09. The van der Waals surface area contributed by atoms with Gasteiger partial charge in [0.1, 0.15) is 0 Å². The zero-order chi connectivity index (χ0) is 9.56. The van der Waals surface area contributed by atoms with E-state index in [1.807, 2.05) is 6.92 Å². The fraction of sp³-hybridized carbons (Fsp3) is 0.778. The van der Waals surface area contributed by atoms with Crippen molar-refractivity contribution < 1.29 is 0 Å². The maximum absolute atomic E-state index is 4.02. The van der Waals surface area contributed by atoms with E-state index in [2.05, 4.69) is 43.1 Å². The van der Waals surface area contributed by atoms with Crippen molar-refractivity contribution in [3.63, 3.8) is 0 Å². The monoisotopic (exact) mass is 169 g/mol. The van der Waals surface area contributed by atoms with Crippen molar-refractivity contribution in [2.75, 3.05) is 0 Å². The first-order valence-corrected chi connectivity index (χ1v) is 4.42. The molecule has 0 bridgehead atoms. The Bertz CT molecular complexity index is 161. The molecule has 0 spiro atoms. The van der Waals surface area contributed by atoms with Crippen LogP contribution in [0.25, 0.3) is 0 Å². The van der Waals surface area contributed by atoms with E-state index in [0.717, 1.165) is 12.1 Å². The van der Waals surface area contributed by atoms with Crippen LogP contribution in [0.15, 0.2) is 22.6 Å². The average Bonchev–Trinajstić information content (AvgIpc) is 2.03. The fourth-order valence-electron chi connectivity index (χ4n) is 0.402. The molecule has 0 aromatic carbocycles. The molecule has 0 aliphatic carbocycles. The minimum atomic E-state index is 0.289. The van der Waals surface area contributed by atoms with Crippen molar-refractivity contribution in [1.82, 2.24) is 5.43 Å². The molecule has 12 heavy (non-hydrogen) atoms. The van der Waals surface area contributed by atoms with Crippen molar-refractivity contribution in [3.05, 3.63) is 12.3 Å². The molecule has 0 radical (unpaired) electrons. The van der Waals surface area contributed by atoms with E-state index in [1.165, 1.54) is 0 Å². The highest BCUT2D eigenvalue weighted by Crippen LogP contribution is 2.02. The topological polar surface area (TPSA) is 36.8 Å². The number of hydrogen-bond donors (Lipinski definition) is 1. The third kappa shape index (κ3) is 4.88. The second-order valence-corrected chi connectivity index (χ2v) is 3.26. The second kappa shape index (κ2) is 5.75. The van der Waals surface area contributed by atoms with Gasteiger partial charge in [-0.25, -0.2) is 0 Å². The molecule has 0 aliphatic heterocycles. The number of hydrogen-bond acceptors (Lipinski definition) is 2. The average molecular weight is 169 g/mol. The van der Waals surface area contributed by atoms with E-state index in [9.17, 15) is 0 Å². The molecule has 0 saturated heterocycles. The third-order valence-corrected chi connectivity index (χ3v) is 1.74. The predicted molar refractivity (Wildman–Crippen MR) is 51.7 cm³/mol. The molecule has 0 heterocycles. The predicted octanol–water partition coefficient (Wildman–Crippen LogP) is 2.91. The van der Waals surface area contributed by atoms with Crippen LogP contribution in [-0.2, 0) is 0 Å². The van der Waals surface area contributed by atoms with Gasteiger partial charge in [0.25, 0.3) is 0 Å². The fourth-order valence-corrected chi connectivity index (χ4v) is 0.402. The number of nitrogens with one attached hydrogen (secondary N) is 1. The van der Waals surface area contributed by atoms with Crippen LogP contribution in [0.2, 0.25) is 0 Å². The van der Waals surface area contributed by atoms with E-state index >= 15 is 0 Å². The van der Waals surface area contributed by atoms with Gasteiger partial charge in [0, 0.05) is 5.70 Å². The van der Waals surface area contributed by atoms with Crippen molar-refractivity contribution >= 4 is 0 Å². The van der Waals surface area contributed by atoms with Gasteiger partial charge in [-0.1, -0.05) is 32.6 Å². The highest BCUT2D eigenvalue weighted by molar-refractivity contribution is 4.92. The molecule has 0 aromatic heterocycles. The Kier molecular flexibility index (Phi) is 5.34. The van der Waals surface area contributed by atoms with Crippen molar-refractivity contribution in [3.8, 4) is 0 Å². The van der Waals surface area contributed by atoms with Crippen molar-refractivity contribution in [2.24, 2.45) is 16.3 Å². The lowest BCUT2D eigenvalue weighted by molar-refractivity contribution is 0.599. The Morgan fingerprint density at radius 2 is 2.00 bits per heavy atom. The molecule has 0 amide bonds. The maximum Gasteiger partial charge on any atom is 0.0699 e. The number of rotatable bonds is 5. The molecule has 70 valence electrons. The molecule has 0 fully saturated rings. The Morgan fingerprint density at radius 3 is 2.42 bits per heavy atom. The minimum Gasteiger partial charge on any atom is -0.265 e. The van der Waals surface area contributed by atoms with Crippen LogP contribution in [0.1, 0.15) is 34.1 Å². The standard InChI is InChI=1S/C9H19N3/c1-6-8(4)10-12-11-9(5)7(2)3/h7-8H,5-6H2,1-4H3,(H,10,11). The van der Waals surface area contributed by atoms with Crippen LogP contribution in [0.3, 0.4) is 0 Å². The van der Waals surface area contributed by atoms with Gasteiger partial charge in [-0.2, -0.15) is 5.11 Å². The maximum atomic E-state index is 4.02. The summed E-state index contributed by atoms with van der Waals surface area (Å²) in [6, 6.07) is 0.289. The van der Waals surface area contributed by atoms with Crippen LogP contribution in [0, 0.1) is 5.92 Å². The van der Waals surface area contributed by atoms with Gasteiger partial charge in [0.05, 0.1) is 6.04 Å². The van der Waals surface area contributed by atoms with Gasteiger partial charge in [0.2, 0.25) is 0 Å². The molecule has 3 heteroatoms. The Balaban J connectivity index is 3.67. The quantitative estimate of drug-likeness (QED) is 0.498. The summed E-state index contributed by atoms with van der Waals surface area (Å²) in [6.45, 7) is 12.1. The van der Waals surface area contributed by atoms with Crippen LogP contribution < -0.4 is 5.43 Å². The number of nitrogens with zero attached hydrogens (tertiary/aromatic N) is 2. The van der Waals surface area contributed by atoms with Gasteiger partial charge >= 0.3 is 0 Å². The summed E-state index contributed by atoms with van der Waals surface area (Å²) < 4.78 is 0. The molecule has 3 nitrogen and oxygen atoms in total. The van der Waals surface area contributed by atoms with Gasteiger partial charge in [-0.15, -0.1) is 0 Å². The Labute approximate surface area is 74.9 Å². The summed E-state index contributed by atoms with van der Waals surface area (Å²) in [7, 11) is 0. The highest BCUT2D eigenvalue weighted by Gasteiger charge is 1.97. The van der Waals surface area contributed by atoms with E-state index in [-0.39, 0.29) is 6.04 Å². The molecule has 1 atom stereocenters. The first kappa shape index (κ1) is 11.1. The first-order valence-electron chi connectivity index (χ1n) is 4.42.